The highest BCUT2D eigenvalue weighted by atomic mass is 32.2. The van der Waals surface area contributed by atoms with Gasteiger partial charge in [0.25, 0.3) is 0 Å². The zero-order valence-electron chi connectivity index (χ0n) is 10.4. The summed E-state index contributed by atoms with van der Waals surface area (Å²) in [5.74, 6) is 0. The van der Waals surface area contributed by atoms with E-state index >= 15 is 0 Å². The zero-order valence-corrected chi connectivity index (χ0v) is 11.2. The van der Waals surface area contributed by atoms with Gasteiger partial charge in [-0.15, -0.1) is 0 Å². The fourth-order valence-electron chi connectivity index (χ4n) is 1.78. The molecule has 0 unspecified atom stereocenters. The van der Waals surface area contributed by atoms with Gasteiger partial charge in [-0.2, -0.15) is 0 Å². The van der Waals surface area contributed by atoms with E-state index in [1.165, 1.54) is 13.1 Å². The largest absolute Gasteiger partial charge is 0.300 e. The van der Waals surface area contributed by atoms with Gasteiger partial charge in [0.05, 0.1) is 10.6 Å². The Labute approximate surface area is 112 Å². The van der Waals surface area contributed by atoms with Crippen LogP contribution in [0.4, 0.5) is 0 Å². The molecular formula is C14H14N2O2S. The van der Waals surface area contributed by atoms with Gasteiger partial charge in [-0.3, -0.25) is 5.41 Å². The lowest BCUT2D eigenvalue weighted by Crippen LogP contribution is -2.21. The molecule has 0 saturated carbocycles. The standard InChI is InChI=1S/C14H14N2O2S/c1-16-19(17,18)13-10-6-5-9-12(13)14(15)11-7-3-2-4-8-11/h2-10,15-16H,1H3. The summed E-state index contributed by atoms with van der Waals surface area (Å²) in [6.07, 6.45) is 0. The van der Waals surface area contributed by atoms with E-state index in [9.17, 15) is 8.42 Å². The molecule has 0 aliphatic heterocycles. The van der Waals surface area contributed by atoms with E-state index in [1.54, 1.807) is 30.3 Å². The van der Waals surface area contributed by atoms with Crippen molar-refractivity contribution < 1.29 is 8.42 Å². The highest BCUT2D eigenvalue weighted by molar-refractivity contribution is 7.89. The van der Waals surface area contributed by atoms with Crippen LogP contribution in [0.1, 0.15) is 11.1 Å². The second-order valence-corrected chi connectivity index (χ2v) is 5.80. The fourth-order valence-corrected chi connectivity index (χ4v) is 2.72. The predicted molar refractivity (Wildman–Crippen MR) is 75.1 cm³/mol. The van der Waals surface area contributed by atoms with Gasteiger partial charge in [-0.25, -0.2) is 13.1 Å². The maximum Gasteiger partial charge on any atom is 0.240 e. The molecule has 0 aliphatic rings. The molecule has 19 heavy (non-hydrogen) atoms. The number of benzene rings is 2. The van der Waals surface area contributed by atoms with Crippen LogP contribution in [0.2, 0.25) is 0 Å². The quantitative estimate of drug-likeness (QED) is 0.837. The minimum atomic E-state index is -3.57. The molecule has 5 heteroatoms. The first-order valence-corrected chi connectivity index (χ1v) is 7.21. The molecule has 0 atom stereocenters. The molecule has 0 aliphatic carbocycles. The first kappa shape index (κ1) is 13.5. The summed E-state index contributed by atoms with van der Waals surface area (Å²) in [6.45, 7) is 0. The zero-order chi connectivity index (χ0) is 13.9. The molecule has 0 aromatic heterocycles. The molecule has 2 rings (SSSR count). The summed E-state index contributed by atoms with van der Waals surface area (Å²) >= 11 is 0. The summed E-state index contributed by atoms with van der Waals surface area (Å²) in [7, 11) is -2.21. The van der Waals surface area contributed by atoms with Gasteiger partial charge in [0, 0.05) is 11.1 Å². The van der Waals surface area contributed by atoms with Crippen LogP contribution in [-0.2, 0) is 10.0 Å². The molecule has 2 N–H and O–H groups in total. The Balaban J connectivity index is 2.56. The van der Waals surface area contributed by atoms with Gasteiger partial charge in [-0.05, 0) is 13.1 Å². The summed E-state index contributed by atoms with van der Waals surface area (Å²) in [5.41, 5.74) is 1.26. The van der Waals surface area contributed by atoms with Crippen molar-refractivity contribution in [2.45, 2.75) is 4.90 Å². The Hall–Kier alpha value is -1.98. The number of hydrogen-bond acceptors (Lipinski definition) is 3. The molecule has 98 valence electrons. The lowest BCUT2D eigenvalue weighted by atomic mass is 10.0. The van der Waals surface area contributed by atoms with Crippen molar-refractivity contribution in [3.8, 4) is 0 Å². The minimum Gasteiger partial charge on any atom is -0.300 e. The summed E-state index contributed by atoms with van der Waals surface area (Å²) < 4.78 is 26.2. The van der Waals surface area contributed by atoms with Crippen LogP contribution in [0.25, 0.3) is 0 Å². The van der Waals surface area contributed by atoms with Crippen molar-refractivity contribution in [2.24, 2.45) is 0 Å². The van der Waals surface area contributed by atoms with Crippen LogP contribution in [0.15, 0.2) is 59.5 Å². The first-order valence-electron chi connectivity index (χ1n) is 5.73. The van der Waals surface area contributed by atoms with Crippen LogP contribution in [0, 0.1) is 5.41 Å². The lowest BCUT2D eigenvalue weighted by Gasteiger charge is -2.10. The Kier molecular flexibility index (Phi) is 3.78. The Morgan fingerprint density at radius 2 is 1.58 bits per heavy atom. The van der Waals surface area contributed by atoms with Crippen molar-refractivity contribution in [1.29, 1.82) is 5.41 Å². The third-order valence-corrected chi connectivity index (χ3v) is 4.25. The smallest absolute Gasteiger partial charge is 0.240 e. The van der Waals surface area contributed by atoms with Crippen molar-refractivity contribution in [2.75, 3.05) is 7.05 Å². The normalized spacial score (nSPS) is 11.2. The molecule has 0 amide bonds. The predicted octanol–water partition coefficient (Wildman–Crippen LogP) is 2.01. The molecule has 2 aromatic carbocycles. The molecule has 4 nitrogen and oxygen atoms in total. The Morgan fingerprint density at radius 3 is 2.21 bits per heavy atom. The fraction of sp³-hybridized carbons (Fsp3) is 0.0714. The van der Waals surface area contributed by atoms with E-state index in [-0.39, 0.29) is 10.6 Å². The summed E-state index contributed by atoms with van der Waals surface area (Å²) in [4.78, 5) is 0.117. The molecule has 0 radical (unpaired) electrons. The van der Waals surface area contributed by atoms with E-state index in [2.05, 4.69) is 4.72 Å². The van der Waals surface area contributed by atoms with E-state index in [0.717, 1.165) is 0 Å². The topological polar surface area (TPSA) is 70.0 Å². The van der Waals surface area contributed by atoms with Gasteiger partial charge >= 0.3 is 0 Å². The van der Waals surface area contributed by atoms with Crippen LogP contribution in [0.5, 0.6) is 0 Å². The molecule has 0 heterocycles. The maximum atomic E-state index is 11.9. The van der Waals surface area contributed by atoms with Crippen LogP contribution >= 0.6 is 0 Å². The third-order valence-electron chi connectivity index (χ3n) is 2.78. The summed E-state index contributed by atoms with van der Waals surface area (Å²) in [6, 6.07) is 15.6. The second kappa shape index (κ2) is 5.34. The van der Waals surface area contributed by atoms with Crippen LogP contribution in [0.3, 0.4) is 0 Å². The van der Waals surface area contributed by atoms with Gasteiger partial charge in [0.2, 0.25) is 10.0 Å². The summed E-state index contributed by atoms with van der Waals surface area (Å²) in [5, 5.41) is 8.17. The van der Waals surface area contributed by atoms with E-state index in [1.807, 2.05) is 18.2 Å². The van der Waals surface area contributed by atoms with Gasteiger partial charge in [-0.1, -0.05) is 48.5 Å². The molecule has 0 saturated heterocycles. The molecule has 0 spiro atoms. The molecular weight excluding hydrogens is 260 g/mol. The van der Waals surface area contributed by atoms with Crippen molar-refractivity contribution >= 4 is 15.7 Å². The highest BCUT2D eigenvalue weighted by Gasteiger charge is 2.19. The second-order valence-electron chi connectivity index (χ2n) is 3.94. The Bertz CT molecular complexity index is 694. The van der Waals surface area contributed by atoms with Gasteiger partial charge in [0.15, 0.2) is 0 Å². The number of rotatable bonds is 4. The number of hydrogen-bond donors (Lipinski definition) is 2. The van der Waals surface area contributed by atoms with Crippen molar-refractivity contribution in [1.82, 2.24) is 4.72 Å². The van der Waals surface area contributed by atoms with Crippen LogP contribution < -0.4 is 4.72 Å². The third kappa shape index (κ3) is 2.72. The molecule has 0 fully saturated rings. The Morgan fingerprint density at radius 1 is 1.00 bits per heavy atom. The van der Waals surface area contributed by atoms with Gasteiger partial charge < -0.3 is 0 Å². The number of nitrogens with one attached hydrogen (secondary N) is 2. The maximum absolute atomic E-state index is 11.9. The van der Waals surface area contributed by atoms with Crippen molar-refractivity contribution in [3.63, 3.8) is 0 Å². The van der Waals surface area contributed by atoms with E-state index < -0.39 is 10.0 Å². The SMILES string of the molecule is CNS(=O)(=O)c1ccccc1C(=N)c1ccccc1. The molecule has 2 aromatic rings. The molecule has 0 bridgehead atoms. The van der Waals surface area contributed by atoms with E-state index in [0.29, 0.717) is 11.1 Å². The minimum absolute atomic E-state index is 0.117. The average Bonchev–Trinajstić information content (AvgIpc) is 2.47. The lowest BCUT2D eigenvalue weighted by molar-refractivity contribution is 0.588. The first-order chi connectivity index (χ1) is 9.06. The van der Waals surface area contributed by atoms with Crippen molar-refractivity contribution in [3.05, 3.63) is 65.7 Å². The average molecular weight is 274 g/mol. The highest BCUT2D eigenvalue weighted by Crippen LogP contribution is 2.18. The van der Waals surface area contributed by atoms with Crippen LogP contribution in [-0.4, -0.2) is 21.2 Å². The number of sulfonamides is 1. The monoisotopic (exact) mass is 274 g/mol. The van der Waals surface area contributed by atoms with E-state index in [4.69, 9.17) is 5.41 Å². The van der Waals surface area contributed by atoms with Gasteiger partial charge in [0.1, 0.15) is 0 Å².